The molecule has 0 radical (unpaired) electrons. The average Bonchev–Trinajstić information content (AvgIpc) is 3.91. The zero-order valence-corrected chi connectivity index (χ0v) is 29.8. The van der Waals surface area contributed by atoms with Gasteiger partial charge in [0, 0.05) is 53.1 Å². The van der Waals surface area contributed by atoms with Crippen molar-refractivity contribution in [2.24, 2.45) is 5.92 Å². The van der Waals surface area contributed by atoms with Gasteiger partial charge in [-0.1, -0.05) is 23.4 Å². The van der Waals surface area contributed by atoms with E-state index < -0.39 is 24.3 Å². The molecule has 1 fully saturated rings. The molecule has 6 heterocycles. The first-order valence-electron chi connectivity index (χ1n) is 17.5. The first-order chi connectivity index (χ1) is 26.0. The van der Waals surface area contributed by atoms with E-state index in [2.05, 4.69) is 30.7 Å². The third-order valence-electron chi connectivity index (χ3n) is 9.66. The van der Waals surface area contributed by atoms with Gasteiger partial charge in [0.2, 0.25) is 0 Å². The molecule has 13 nitrogen and oxygen atoms in total. The van der Waals surface area contributed by atoms with Crippen LogP contribution in [-0.2, 0) is 13.2 Å². The molecule has 2 amide bonds. The van der Waals surface area contributed by atoms with Gasteiger partial charge < -0.3 is 19.4 Å². The lowest BCUT2D eigenvalue weighted by molar-refractivity contribution is -0.108. The van der Waals surface area contributed by atoms with Crippen molar-refractivity contribution in [3.05, 3.63) is 125 Å². The van der Waals surface area contributed by atoms with Gasteiger partial charge in [0.1, 0.15) is 29.3 Å². The van der Waals surface area contributed by atoms with Gasteiger partial charge in [-0.3, -0.25) is 14.3 Å². The van der Waals surface area contributed by atoms with Gasteiger partial charge in [0.15, 0.2) is 5.65 Å². The highest BCUT2D eigenvalue weighted by Gasteiger charge is 2.46. The fraction of sp³-hybridized carbons (Fsp3) is 0.256. The monoisotopic (exact) mass is 730 g/mol. The summed E-state index contributed by atoms with van der Waals surface area (Å²) in [6, 6.07) is 19.3. The number of ether oxygens (including phenoxy) is 1. The second-order valence-electron chi connectivity index (χ2n) is 13.6. The first kappa shape index (κ1) is 34.6. The predicted molar refractivity (Wildman–Crippen MR) is 196 cm³/mol. The molecule has 7 aromatic rings. The Labute approximate surface area is 308 Å². The number of piperidine rings is 1. The Bertz CT molecular complexity index is 2510. The minimum Gasteiger partial charge on any atom is -0.487 e. The molecular formula is C39H36F2N10O3. The molecule has 0 spiro atoms. The Morgan fingerprint density at radius 3 is 2.54 bits per heavy atom. The van der Waals surface area contributed by atoms with E-state index in [4.69, 9.17) is 4.74 Å². The number of carbonyl (C=O) groups excluding carboxylic acids is 2. The van der Waals surface area contributed by atoms with Crippen LogP contribution < -0.4 is 10.1 Å². The molecule has 8 rings (SSSR count). The van der Waals surface area contributed by atoms with Crippen LogP contribution >= 0.6 is 0 Å². The highest BCUT2D eigenvalue weighted by Crippen LogP contribution is 2.35. The maximum absolute atomic E-state index is 15.5. The molecule has 1 N–H and O–H groups in total. The maximum atomic E-state index is 15.5. The van der Waals surface area contributed by atoms with Crippen molar-refractivity contribution in [3.8, 4) is 17.0 Å². The number of hydrogen-bond acceptors (Lipinski definition) is 8. The van der Waals surface area contributed by atoms with Crippen LogP contribution in [0.1, 0.15) is 49.8 Å². The molecule has 5 aromatic heterocycles. The summed E-state index contributed by atoms with van der Waals surface area (Å²) in [7, 11) is 0. The summed E-state index contributed by atoms with van der Waals surface area (Å²) in [6.45, 7) is 5.43. The minimum absolute atomic E-state index is 0.0548. The van der Waals surface area contributed by atoms with Crippen LogP contribution in [-0.4, -0.2) is 74.7 Å². The number of benzene rings is 2. The molecule has 0 bridgehead atoms. The summed E-state index contributed by atoms with van der Waals surface area (Å²) in [5, 5.41) is 15.5. The van der Waals surface area contributed by atoms with E-state index in [1.165, 1.54) is 15.8 Å². The maximum Gasteiger partial charge on any atom is 0.269 e. The average molecular weight is 731 g/mol. The smallest absolute Gasteiger partial charge is 0.269 e. The number of anilines is 1. The van der Waals surface area contributed by atoms with Crippen molar-refractivity contribution in [2.45, 2.75) is 46.3 Å². The number of likely N-dealkylation sites (tertiary alicyclic amines) is 1. The van der Waals surface area contributed by atoms with Crippen LogP contribution in [0.3, 0.4) is 0 Å². The molecular weight excluding hydrogens is 694 g/mol. The van der Waals surface area contributed by atoms with Crippen LogP contribution in [0.25, 0.3) is 22.6 Å². The molecule has 0 aliphatic carbocycles. The Balaban J connectivity index is 0.847. The van der Waals surface area contributed by atoms with E-state index in [0.717, 1.165) is 28.3 Å². The van der Waals surface area contributed by atoms with Gasteiger partial charge in [0.05, 0.1) is 31.2 Å². The molecule has 1 aliphatic rings. The van der Waals surface area contributed by atoms with Gasteiger partial charge in [-0.25, -0.2) is 23.3 Å². The molecule has 15 heteroatoms. The zero-order valence-electron chi connectivity index (χ0n) is 29.8. The van der Waals surface area contributed by atoms with Crippen molar-refractivity contribution in [1.82, 2.24) is 43.9 Å². The van der Waals surface area contributed by atoms with Gasteiger partial charge in [-0.05, 0) is 81.3 Å². The highest BCUT2D eigenvalue weighted by molar-refractivity contribution is 6.08. The molecule has 1 atom stereocenters. The lowest BCUT2D eigenvalue weighted by Crippen LogP contribution is -2.51. The van der Waals surface area contributed by atoms with Crippen LogP contribution in [0, 0.1) is 26.7 Å². The van der Waals surface area contributed by atoms with Crippen LogP contribution in [0.4, 0.5) is 14.5 Å². The number of hydrogen-bond donors (Lipinski definition) is 1. The second kappa shape index (κ2) is 13.8. The van der Waals surface area contributed by atoms with Crippen molar-refractivity contribution < 1.29 is 23.1 Å². The van der Waals surface area contributed by atoms with Gasteiger partial charge >= 0.3 is 0 Å². The molecule has 1 unspecified atom stereocenters. The summed E-state index contributed by atoms with van der Waals surface area (Å²) < 4.78 is 41.8. The van der Waals surface area contributed by atoms with E-state index in [9.17, 15) is 9.59 Å². The summed E-state index contributed by atoms with van der Waals surface area (Å²) in [5.74, 6) is -4.43. The molecule has 54 heavy (non-hydrogen) atoms. The van der Waals surface area contributed by atoms with Gasteiger partial charge in [0.25, 0.3) is 17.7 Å². The van der Waals surface area contributed by atoms with E-state index in [0.29, 0.717) is 39.5 Å². The van der Waals surface area contributed by atoms with Crippen LogP contribution in [0.2, 0.25) is 0 Å². The van der Waals surface area contributed by atoms with Crippen LogP contribution in [0.5, 0.6) is 5.75 Å². The van der Waals surface area contributed by atoms with Crippen molar-refractivity contribution in [3.63, 3.8) is 0 Å². The number of fused-ring (bicyclic) bond motifs is 2. The van der Waals surface area contributed by atoms with Crippen LogP contribution in [0.15, 0.2) is 91.5 Å². The van der Waals surface area contributed by atoms with Gasteiger partial charge in [-0.15, -0.1) is 5.10 Å². The van der Waals surface area contributed by atoms with E-state index in [-0.39, 0.29) is 32.0 Å². The normalized spacial score (nSPS) is 15.5. The molecule has 1 aliphatic heterocycles. The zero-order chi connectivity index (χ0) is 37.6. The topological polar surface area (TPSA) is 137 Å². The van der Waals surface area contributed by atoms with Crippen molar-refractivity contribution in [2.75, 3.05) is 18.4 Å². The SMILES string of the molecule is Cc1cc(C)n2ncc(C(=O)Nc3ccc(-c4cn(CC5CCN(C(=O)c6ccc(OCc7cn8cccc(C)c8n7)cc6)CC5(F)F)nn4)cc3)c2n1. The summed E-state index contributed by atoms with van der Waals surface area (Å²) >= 11 is 0. The number of rotatable bonds is 9. The van der Waals surface area contributed by atoms with E-state index in [1.54, 1.807) is 59.2 Å². The first-order valence-corrected chi connectivity index (χ1v) is 17.5. The summed E-state index contributed by atoms with van der Waals surface area (Å²) in [6.07, 6.45) is 7.04. The summed E-state index contributed by atoms with van der Waals surface area (Å²) in [4.78, 5) is 36.5. The van der Waals surface area contributed by atoms with Gasteiger partial charge in [-0.2, -0.15) is 5.10 Å². The number of halogens is 2. The molecule has 2 aromatic carbocycles. The number of aryl methyl sites for hydroxylation is 3. The Hall–Kier alpha value is -6.51. The third-order valence-corrected chi connectivity index (χ3v) is 9.66. The molecule has 1 saturated heterocycles. The lowest BCUT2D eigenvalue weighted by atomic mass is 9.92. The Morgan fingerprint density at radius 1 is 0.981 bits per heavy atom. The van der Waals surface area contributed by atoms with Crippen molar-refractivity contribution >= 4 is 28.8 Å². The number of pyridine rings is 1. The Kier molecular flexibility index (Phi) is 8.84. The number of alkyl halides is 2. The quantitative estimate of drug-likeness (QED) is 0.186. The fourth-order valence-electron chi connectivity index (χ4n) is 6.79. The molecule has 274 valence electrons. The number of imidazole rings is 1. The number of nitrogens with zero attached hydrogens (tertiary/aromatic N) is 9. The summed E-state index contributed by atoms with van der Waals surface area (Å²) in [5.41, 5.74) is 7.24. The third kappa shape index (κ3) is 6.87. The number of carbonyl (C=O) groups is 2. The standard InChI is InChI=1S/C39H36F2N10O3/c1-24-5-4-15-48-20-31(44-35(24)48)22-54-32-12-8-28(9-13-32)38(53)49-16-14-29(39(40,41)23-49)19-50-21-34(46-47-50)27-6-10-30(11-7-27)45-37(52)33-18-42-51-26(3)17-25(2)43-36(33)51/h4-13,15,17-18,20-21,29H,14,16,19,22-23H2,1-3H3,(H,45,52). The number of nitrogens with one attached hydrogen (secondary N) is 1. The minimum atomic E-state index is -3.14. The Morgan fingerprint density at radius 2 is 1.78 bits per heavy atom. The van der Waals surface area contributed by atoms with E-state index >= 15 is 8.78 Å². The van der Waals surface area contributed by atoms with Crippen molar-refractivity contribution in [1.29, 1.82) is 0 Å². The van der Waals surface area contributed by atoms with E-state index in [1.807, 2.05) is 55.8 Å². The lowest BCUT2D eigenvalue weighted by Gasteiger charge is -2.38. The number of aromatic nitrogens is 8. The number of amides is 2. The molecule has 0 saturated carbocycles. The second-order valence-corrected chi connectivity index (χ2v) is 13.6. The highest BCUT2D eigenvalue weighted by atomic mass is 19.3. The predicted octanol–water partition coefficient (Wildman–Crippen LogP) is 6.19. The fourth-order valence-corrected chi connectivity index (χ4v) is 6.79. The largest absolute Gasteiger partial charge is 0.487 e.